The molecule has 0 bridgehead atoms. The lowest BCUT2D eigenvalue weighted by Gasteiger charge is -2.45. The highest BCUT2D eigenvalue weighted by atomic mass is 15.4. The van der Waals surface area contributed by atoms with Gasteiger partial charge in [-0.05, 0) is 33.1 Å². The number of piperazine rings is 1. The molecule has 0 spiro atoms. The van der Waals surface area contributed by atoms with Crippen LogP contribution in [-0.4, -0.2) is 78.1 Å². The summed E-state index contributed by atoms with van der Waals surface area (Å²) in [6, 6.07) is 1.58. The lowest BCUT2D eigenvalue weighted by molar-refractivity contribution is 0.0360. The maximum Gasteiger partial charge on any atom is 0.0471 e. The van der Waals surface area contributed by atoms with E-state index >= 15 is 0 Å². The van der Waals surface area contributed by atoms with E-state index in [-0.39, 0.29) is 5.54 Å². The second kappa shape index (κ2) is 5.32. The van der Waals surface area contributed by atoms with Crippen LogP contribution in [0.5, 0.6) is 0 Å². The van der Waals surface area contributed by atoms with E-state index in [1.54, 1.807) is 0 Å². The molecule has 1 atom stereocenters. The van der Waals surface area contributed by atoms with Crippen molar-refractivity contribution in [3.8, 4) is 0 Å². The molecule has 4 heteroatoms. The number of rotatable bonds is 4. The van der Waals surface area contributed by atoms with Crippen LogP contribution in [0.4, 0.5) is 0 Å². The van der Waals surface area contributed by atoms with Gasteiger partial charge in [0.2, 0.25) is 0 Å². The summed E-state index contributed by atoms with van der Waals surface area (Å²) in [7, 11) is 0. The largest absolute Gasteiger partial charge is 0.329 e. The van der Waals surface area contributed by atoms with E-state index in [4.69, 9.17) is 5.73 Å². The minimum Gasteiger partial charge on any atom is -0.329 e. The van der Waals surface area contributed by atoms with E-state index in [0.717, 1.165) is 12.6 Å². The zero-order valence-corrected chi connectivity index (χ0v) is 12.6. The Morgan fingerprint density at radius 2 is 1.79 bits per heavy atom. The molecular weight excluding hydrogens is 236 g/mol. The van der Waals surface area contributed by atoms with Gasteiger partial charge < -0.3 is 5.73 Å². The monoisotopic (exact) mass is 266 g/mol. The van der Waals surface area contributed by atoms with Crippen molar-refractivity contribution in [2.45, 2.75) is 50.7 Å². The minimum atomic E-state index is 0.264. The average Bonchev–Trinajstić information content (AvgIpc) is 3.18. The van der Waals surface area contributed by atoms with E-state index in [0.29, 0.717) is 6.04 Å². The van der Waals surface area contributed by atoms with Crippen molar-refractivity contribution < 1.29 is 0 Å². The van der Waals surface area contributed by atoms with E-state index in [9.17, 15) is 0 Å². The molecule has 1 saturated carbocycles. The van der Waals surface area contributed by atoms with Crippen LogP contribution >= 0.6 is 0 Å². The molecule has 2 N–H and O–H groups in total. The quantitative estimate of drug-likeness (QED) is 0.807. The maximum atomic E-state index is 6.19. The Morgan fingerprint density at radius 1 is 1.11 bits per heavy atom. The predicted molar refractivity (Wildman–Crippen MR) is 79.3 cm³/mol. The first-order valence-electron chi connectivity index (χ1n) is 8.08. The van der Waals surface area contributed by atoms with Crippen LogP contribution in [0.2, 0.25) is 0 Å². The van der Waals surface area contributed by atoms with Gasteiger partial charge in [0.25, 0.3) is 0 Å². The smallest absolute Gasteiger partial charge is 0.0471 e. The molecule has 2 aliphatic heterocycles. The highest BCUT2D eigenvalue weighted by Crippen LogP contribution is 2.32. The lowest BCUT2D eigenvalue weighted by Crippen LogP contribution is -2.61. The summed E-state index contributed by atoms with van der Waals surface area (Å²) in [5, 5.41) is 0. The molecule has 3 rings (SSSR count). The van der Waals surface area contributed by atoms with Crippen molar-refractivity contribution in [1.82, 2.24) is 14.7 Å². The van der Waals surface area contributed by atoms with E-state index < -0.39 is 0 Å². The Hall–Kier alpha value is -0.160. The summed E-state index contributed by atoms with van der Waals surface area (Å²) in [6.07, 6.45) is 4.12. The molecule has 0 radical (unpaired) electrons. The summed E-state index contributed by atoms with van der Waals surface area (Å²) in [5.41, 5.74) is 6.45. The van der Waals surface area contributed by atoms with Crippen molar-refractivity contribution in [2.24, 2.45) is 5.73 Å². The number of hydrogen-bond donors (Lipinski definition) is 1. The molecule has 2 heterocycles. The first kappa shape index (κ1) is 13.8. The molecule has 3 fully saturated rings. The van der Waals surface area contributed by atoms with Gasteiger partial charge in [-0.25, -0.2) is 0 Å². The first-order valence-corrected chi connectivity index (χ1v) is 8.08. The van der Waals surface area contributed by atoms with Gasteiger partial charge in [0.05, 0.1) is 0 Å². The molecule has 2 saturated heterocycles. The molecular formula is C15H30N4. The predicted octanol–water partition coefficient (Wildman–Crippen LogP) is 0.578. The third-order valence-electron chi connectivity index (χ3n) is 5.52. The van der Waals surface area contributed by atoms with Crippen molar-refractivity contribution in [1.29, 1.82) is 0 Å². The highest BCUT2D eigenvalue weighted by molar-refractivity contribution is 5.02. The highest BCUT2D eigenvalue weighted by Gasteiger charge is 2.44. The molecule has 1 aliphatic carbocycles. The number of hydrogen-bond acceptors (Lipinski definition) is 4. The van der Waals surface area contributed by atoms with E-state index in [1.165, 1.54) is 58.5 Å². The molecule has 0 aromatic heterocycles. The van der Waals surface area contributed by atoms with Crippen LogP contribution in [0.1, 0.15) is 33.1 Å². The van der Waals surface area contributed by atoms with Gasteiger partial charge in [0.1, 0.15) is 0 Å². The van der Waals surface area contributed by atoms with Crippen LogP contribution in [0, 0.1) is 0 Å². The Kier molecular flexibility index (Phi) is 3.87. The van der Waals surface area contributed by atoms with Crippen molar-refractivity contribution in [3.63, 3.8) is 0 Å². The number of nitrogens with two attached hydrogens (primary N) is 1. The third kappa shape index (κ3) is 2.68. The first-order chi connectivity index (χ1) is 9.14. The second-order valence-electron chi connectivity index (χ2n) is 7.00. The Labute approximate surface area is 117 Å². The Bertz CT molecular complexity index is 307. The molecule has 19 heavy (non-hydrogen) atoms. The summed E-state index contributed by atoms with van der Waals surface area (Å²) < 4.78 is 0. The van der Waals surface area contributed by atoms with Crippen molar-refractivity contribution in [3.05, 3.63) is 0 Å². The van der Waals surface area contributed by atoms with Gasteiger partial charge in [-0.15, -0.1) is 0 Å². The van der Waals surface area contributed by atoms with Gasteiger partial charge >= 0.3 is 0 Å². The standard InChI is InChI=1S/C15H30N4/c1-13(2)18-6-5-15(11-16,12-18)19-9-7-17(8-10-19)14-3-4-14/h13-14H,3-12,16H2,1-2H3. The fraction of sp³-hybridized carbons (Fsp3) is 1.00. The molecule has 3 aliphatic rings. The topological polar surface area (TPSA) is 35.7 Å². The normalized spacial score (nSPS) is 35.4. The van der Waals surface area contributed by atoms with Crippen LogP contribution < -0.4 is 5.73 Å². The summed E-state index contributed by atoms with van der Waals surface area (Å²) in [4.78, 5) is 7.99. The Balaban J connectivity index is 1.60. The van der Waals surface area contributed by atoms with Crippen LogP contribution in [0.3, 0.4) is 0 Å². The van der Waals surface area contributed by atoms with Gasteiger partial charge in [-0.1, -0.05) is 0 Å². The van der Waals surface area contributed by atoms with Gasteiger partial charge in [-0.2, -0.15) is 0 Å². The zero-order valence-electron chi connectivity index (χ0n) is 12.6. The van der Waals surface area contributed by atoms with Gasteiger partial charge in [-0.3, -0.25) is 14.7 Å². The molecule has 110 valence electrons. The number of nitrogens with zero attached hydrogens (tertiary/aromatic N) is 3. The van der Waals surface area contributed by atoms with Crippen LogP contribution in [-0.2, 0) is 0 Å². The molecule has 0 amide bonds. The van der Waals surface area contributed by atoms with E-state index in [2.05, 4.69) is 28.5 Å². The minimum absolute atomic E-state index is 0.264. The fourth-order valence-electron chi connectivity index (χ4n) is 3.88. The second-order valence-corrected chi connectivity index (χ2v) is 7.00. The SMILES string of the molecule is CC(C)N1CCC(CN)(N2CCN(C3CC3)CC2)C1. The third-order valence-corrected chi connectivity index (χ3v) is 5.52. The Morgan fingerprint density at radius 3 is 2.26 bits per heavy atom. The zero-order chi connectivity index (χ0) is 13.5. The molecule has 4 nitrogen and oxygen atoms in total. The van der Waals surface area contributed by atoms with Crippen molar-refractivity contribution in [2.75, 3.05) is 45.8 Å². The van der Waals surface area contributed by atoms with Gasteiger partial charge in [0, 0.05) is 63.4 Å². The maximum absolute atomic E-state index is 6.19. The molecule has 0 aromatic rings. The molecule has 1 unspecified atom stereocenters. The summed E-state index contributed by atoms with van der Waals surface area (Å²) in [5.74, 6) is 0. The van der Waals surface area contributed by atoms with E-state index in [1.807, 2.05) is 0 Å². The number of likely N-dealkylation sites (tertiary alicyclic amines) is 1. The summed E-state index contributed by atoms with van der Waals surface area (Å²) in [6.45, 7) is 12.8. The molecule has 0 aromatic carbocycles. The fourth-order valence-corrected chi connectivity index (χ4v) is 3.88. The lowest BCUT2D eigenvalue weighted by atomic mass is 9.95. The summed E-state index contributed by atoms with van der Waals surface area (Å²) >= 11 is 0. The average molecular weight is 266 g/mol. The van der Waals surface area contributed by atoms with Crippen LogP contribution in [0.15, 0.2) is 0 Å². The van der Waals surface area contributed by atoms with Gasteiger partial charge in [0.15, 0.2) is 0 Å². The van der Waals surface area contributed by atoms with Crippen molar-refractivity contribution >= 4 is 0 Å². The van der Waals surface area contributed by atoms with Crippen LogP contribution in [0.25, 0.3) is 0 Å².